The van der Waals surface area contributed by atoms with E-state index in [-0.39, 0.29) is 23.2 Å². The fraction of sp³-hybridized carbons (Fsp3) is 0.714. The summed E-state index contributed by atoms with van der Waals surface area (Å²) in [5, 5.41) is 13.2. The molecule has 2 aliphatic heterocycles. The van der Waals surface area contributed by atoms with Gasteiger partial charge in [0.1, 0.15) is 4.87 Å². The number of nitriles is 1. The zero-order valence-electron chi connectivity index (χ0n) is 12.9. The molecule has 3 heterocycles. The van der Waals surface area contributed by atoms with E-state index in [4.69, 9.17) is 14.6 Å². The average molecular weight is 305 g/mol. The Labute approximate surface area is 130 Å². The molecule has 0 aliphatic carbocycles. The first-order valence-corrected chi connectivity index (χ1v) is 8.20. The topological polar surface area (TPSA) is 60.1 Å². The van der Waals surface area contributed by atoms with E-state index >= 15 is 0 Å². The maximum atomic E-state index is 8.77. The Kier molecular flexibility index (Phi) is 3.39. The summed E-state index contributed by atoms with van der Waals surface area (Å²) in [6.07, 6.45) is 5.20. The van der Waals surface area contributed by atoms with Crippen LogP contribution in [-0.4, -0.2) is 33.9 Å². The number of hydrogen-bond donors (Lipinski definition) is 0. The summed E-state index contributed by atoms with van der Waals surface area (Å²) in [6.45, 7) is 8.18. The van der Waals surface area contributed by atoms with E-state index < -0.39 is 0 Å². The molecule has 1 aromatic rings. The van der Waals surface area contributed by atoms with Gasteiger partial charge in [-0.05, 0) is 34.1 Å². The van der Waals surface area contributed by atoms with Crippen LogP contribution in [0.5, 0.6) is 0 Å². The molecule has 1 aromatic heterocycles. The molecule has 2 fully saturated rings. The van der Waals surface area contributed by atoms with Crippen molar-refractivity contribution in [1.29, 1.82) is 5.26 Å². The molecule has 0 bridgehead atoms. The van der Waals surface area contributed by atoms with E-state index in [1.54, 1.807) is 0 Å². The molecule has 5 nitrogen and oxygen atoms in total. The SMILES string of the molecule is CC1(C)OB(c2cnn(C3(CCC#N)CS3)c2)OC1(C)C. The number of aromatic nitrogens is 2. The van der Waals surface area contributed by atoms with Gasteiger partial charge in [-0.2, -0.15) is 10.4 Å². The first-order chi connectivity index (χ1) is 9.80. The Morgan fingerprint density at radius 2 is 2.00 bits per heavy atom. The second-order valence-electron chi connectivity index (χ2n) is 6.70. The number of hydrogen-bond acceptors (Lipinski definition) is 5. The second-order valence-corrected chi connectivity index (χ2v) is 8.04. The Balaban J connectivity index is 1.77. The maximum absolute atomic E-state index is 8.77. The van der Waals surface area contributed by atoms with Gasteiger partial charge < -0.3 is 9.31 Å². The van der Waals surface area contributed by atoms with Crippen LogP contribution in [0.15, 0.2) is 12.4 Å². The van der Waals surface area contributed by atoms with Crippen molar-refractivity contribution in [2.45, 2.75) is 56.6 Å². The highest BCUT2D eigenvalue weighted by Gasteiger charge is 2.53. The van der Waals surface area contributed by atoms with Crippen LogP contribution in [0.4, 0.5) is 0 Å². The summed E-state index contributed by atoms with van der Waals surface area (Å²) in [5.41, 5.74) is 0.261. The highest BCUT2D eigenvalue weighted by atomic mass is 32.2. The van der Waals surface area contributed by atoms with Gasteiger partial charge in [-0.25, -0.2) is 0 Å². The summed E-state index contributed by atoms with van der Waals surface area (Å²) in [4.78, 5) is -0.0301. The minimum absolute atomic E-state index is 0.0301. The van der Waals surface area contributed by atoms with E-state index in [1.807, 2.05) is 56.5 Å². The minimum atomic E-state index is -0.375. The van der Waals surface area contributed by atoms with Crippen LogP contribution in [0.2, 0.25) is 0 Å². The Bertz CT molecular complexity index is 573. The zero-order valence-corrected chi connectivity index (χ0v) is 13.7. The molecule has 1 unspecified atom stereocenters. The van der Waals surface area contributed by atoms with Crippen molar-refractivity contribution >= 4 is 24.3 Å². The molecule has 0 spiro atoms. The van der Waals surface area contributed by atoms with Crippen molar-refractivity contribution in [3.05, 3.63) is 12.4 Å². The Morgan fingerprint density at radius 1 is 1.38 bits per heavy atom. The third-order valence-corrected chi connectivity index (χ3v) is 6.00. The van der Waals surface area contributed by atoms with Crippen LogP contribution in [0, 0.1) is 11.3 Å². The molecular formula is C14H20BN3O2S. The Hall–Kier alpha value is -0.965. The van der Waals surface area contributed by atoms with Crippen LogP contribution < -0.4 is 5.46 Å². The summed E-state index contributed by atoms with van der Waals surface area (Å²) >= 11 is 1.83. The van der Waals surface area contributed by atoms with Crippen LogP contribution in [0.3, 0.4) is 0 Å². The van der Waals surface area contributed by atoms with E-state index in [0.29, 0.717) is 6.42 Å². The molecule has 3 rings (SSSR count). The zero-order chi connectivity index (χ0) is 15.3. The quantitative estimate of drug-likeness (QED) is 0.628. The predicted octanol–water partition coefficient (Wildman–Crippen LogP) is 1.89. The maximum Gasteiger partial charge on any atom is 0.498 e. The molecule has 2 saturated heterocycles. The lowest BCUT2D eigenvalue weighted by Crippen LogP contribution is -2.41. The molecule has 0 saturated carbocycles. The van der Waals surface area contributed by atoms with Crippen LogP contribution in [-0.2, 0) is 14.2 Å². The third kappa shape index (κ3) is 2.50. The largest absolute Gasteiger partial charge is 0.498 e. The summed E-state index contributed by atoms with van der Waals surface area (Å²) in [5.74, 6) is 1.01. The predicted molar refractivity (Wildman–Crippen MR) is 83.2 cm³/mol. The molecular weight excluding hydrogens is 285 g/mol. The molecule has 0 radical (unpaired) electrons. The van der Waals surface area contributed by atoms with Crippen molar-refractivity contribution in [2.24, 2.45) is 0 Å². The van der Waals surface area contributed by atoms with Gasteiger partial charge in [-0.3, -0.25) is 4.68 Å². The molecule has 1 atom stereocenters. The standard InChI is InChI=1S/C14H20BN3O2S/c1-12(2)13(3,4)20-15(19-12)11-8-17-18(9-11)14(10-21-14)6-5-7-16/h8-9H,5-6,10H2,1-4H3. The third-order valence-electron chi connectivity index (χ3n) is 4.65. The van der Waals surface area contributed by atoms with Crippen LogP contribution >= 0.6 is 11.8 Å². The van der Waals surface area contributed by atoms with Crippen molar-refractivity contribution in [3.8, 4) is 6.07 Å². The fourth-order valence-electron chi connectivity index (χ4n) is 2.39. The lowest BCUT2D eigenvalue weighted by Gasteiger charge is -2.32. The summed E-state index contributed by atoms with van der Waals surface area (Å²) in [7, 11) is -0.375. The summed E-state index contributed by atoms with van der Waals surface area (Å²) in [6, 6.07) is 2.21. The number of thioether (sulfide) groups is 1. The van der Waals surface area contributed by atoms with Crippen LogP contribution in [0.1, 0.15) is 40.5 Å². The van der Waals surface area contributed by atoms with Gasteiger partial charge in [-0.1, -0.05) is 0 Å². The van der Waals surface area contributed by atoms with Gasteiger partial charge in [0.2, 0.25) is 0 Å². The molecule has 0 amide bonds. The minimum Gasteiger partial charge on any atom is -0.399 e. The average Bonchev–Trinajstić information content (AvgIpc) is 2.94. The Morgan fingerprint density at radius 3 is 2.52 bits per heavy atom. The molecule has 7 heteroatoms. The highest BCUT2D eigenvalue weighted by molar-refractivity contribution is 8.07. The normalized spacial score (nSPS) is 29.4. The number of nitrogens with zero attached hydrogens (tertiary/aromatic N) is 3. The van der Waals surface area contributed by atoms with Crippen molar-refractivity contribution < 1.29 is 9.31 Å². The van der Waals surface area contributed by atoms with Gasteiger partial charge in [0.25, 0.3) is 0 Å². The molecule has 2 aliphatic rings. The lowest BCUT2D eigenvalue weighted by atomic mass is 9.82. The summed E-state index contributed by atoms with van der Waals surface area (Å²) < 4.78 is 14.1. The van der Waals surface area contributed by atoms with Crippen LogP contribution in [0.25, 0.3) is 0 Å². The number of rotatable bonds is 4. The highest BCUT2D eigenvalue weighted by Crippen LogP contribution is 2.52. The van der Waals surface area contributed by atoms with E-state index in [2.05, 4.69) is 11.2 Å². The van der Waals surface area contributed by atoms with Gasteiger partial charge in [-0.15, -0.1) is 11.8 Å². The van der Waals surface area contributed by atoms with Crippen molar-refractivity contribution in [2.75, 3.05) is 5.75 Å². The monoisotopic (exact) mass is 305 g/mol. The lowest BCUT2D eigenvalue weighted by molar-refractivity contribution is 0.00578. The first kappa shape index (κ1) is 15.0. The fourth-order valence-corrected chi connectivity index (χ4v) is 3.31. The van der Waals surface area contributed by atoms with E-state index in [1.165, 1.54) is 0 Å². The molecule has 0 N–H and O–H groups in total. The molecule has 0 aromatic carbocycles. The smallest absolute Gasteiger partial charge is 0.399 e. The van der Waals surface area contributed by atoms with E-state index in [0.717, 1.165) is 17.6 Å². The van der Waals surface area contributed by atoms with Gasteiger partial charge in [0.15, 0.2) is 0 Å². The molecule has 21 heavy (non-hydrogen) atoms. The van der Waals surface area contributed by atoms with Gasteiger partial charge >= 0.3 is 7.12 Å². The van der Waals surface area contributed by atoms with Crippen molar-refractivity contribution in [1.82, 2.24) is 9.78 Å². The second kappa shape index (κ2) is 4.77. The van der Waals surface area contributed by atoms with Gasteiger partial charge in [0, 0.05) is 30.0 Å². The van der Waals surface area contributed by atoms with Crippen molar-refractivity contribution in [3.63, 3.8) is 0 Å². The first-order valence-electron chi connectivity index (χ1n) is 7.21. The van der Waals surface area contributed by atoms with E-state index in [9.17, 15) is 0 Å². The molecule has 112 valence electrons. The van der Waals surface area contributed by atoms with Gasteiger partial charge in [0.05, 0.1) is 17.3 Å².